The van der Waals surface area contributed by atoms with E-state index in [0.717, 1.165) is 24.6 Å². The van der Waals surface area contributed by atoms with Crippen LogP contribution in [-0.4, -0.2) is 97.4 Å². The molecule has 0 aromatic heterocycles. The third-order valence-corrected chi connectivity index (χ3v) is 4.36. The Kier molecular flexibility index (Phi) is 23.0. The Bertz CT molecular complexity index is 359. The molecule has 0 bridgehead atoms. The van der Waals surface area contributed by atoms with Gasteiger partial charge in [-0.25, -0.2) is 0 Å². The molecular weight excluding hydrogens is 407 g/mol. The first-order valence-corrected chi connectivity index (χ1v) is 10.8. The van der Waals surface area contributed by atoms with Gasteiger partial charge in [-0.05, 0) is 5.75 Å². The second-order valence-corrected chi connectivity index (χ2v) is 7.16. The Morgan fingerprint density at radius 2 is 1.35 bits per heavy atom. The summed E-state index contributed by atoms with van der Waals surface area (Å²) in [5.41, 5.74) is 0. The van der Waals surface area contributed by atoms with Crippen molar-refractivity contribution in [3.05, 3.63) is 0 Å². The summed E-state index contributed by atoms with van der Waals surface area (Å²) in [7, 11) is 0. The maximum Gasteiger partial charge on any atom is 1.00 e. The average molecular weight is 437 g/mol. The van der Waals surface area contributed by atoms with Gasteiger partial charge in [0.2, 0.25) is 11.8 Å². The molecular formula is C16H30ClN2NaO4S2. The van der Waals surface area contributed by atoms with Gasteiger partial charge in [0.05, 0.1) is 32.2 Å². The average Bonchev–Trinajstić information content (AvgIpc) is 2.68. The predicted octanol–water partition coefficient (Wildman–Crippen LogP) is -1.76. The number of hydrogen-bond donors (Lipinski definition) is 0. The van der Waals surface area contributed by atoms with Crippen LogP contribution in [0.2, 0.25) is 0 Å². The van der Waals surface area contributed by atoms with Gasteiger partial charge < -0.3 is 31.9 Å². The minimum absolute atomic E-state index is 0. The van der Waals surface area contributed by atoms with Crippen LogP contribution in [-0.2, 0) is 31.7 Å². The summed E-state index contributed by atoms with van der Waals surface area (Å²) >= 11 is 11.4. The number of morpholine rings is 2. The van der Waals surface area contributed by atoms with E-state index < -0.39 is 0 Å². The monoisotopic (exact) mass is 436 g/mol. The quantitative estimate of drug-likeness (QED) is 0.295. The third-order valence-electron chi connectivity index (χ3n) is 3.27. The number of nitrogens with zero attached hydrogens (tertiary/aromatic N) is 2. The maximum absolute atomic E-state index is 11.4. The molecule has 10 heteroatoms. The zero-order valence-electron chi connectivity index (χ0n) is 16.2. The van der Waals surface area contributed by atoms with Crippen LogP contribution in [0.25, 0.3) is 0 Å². The molecule has 2 aliphatic rings. The fourth-order valence-electron chi connectivity index (χ4n) is 1.99. The predicted molar refractivity (Wildman–Crippen MR) is 106 cm³/mol. The van der Waals surface area contributed by atoms with Gasteiger partial charge in [-0.2, -0.15) is 17.5 Å². The smallest absolute Gasteiger partial charge is 0.793 e. The van der Waals surface area contributed by atoms with Crippen molar-refractivity contribution >= 4 is 47.8 Å². The summed E-state index contributed by atoms with van der Waals surface area (Å²) in [5.74, 6) is 2.81. The van der Waals surface area contributed by atoms with Gasteiger partial charge in [0, 0.05) is 26.2 Å². The molecule has 148 valence electrons. The number of rotatable bonds is 4. The van der Waals surface area contributed by atoms with E-state index in [0.29, 0.717) is 45.3 Å². The number of ether oxygens (including phenoxy) is 2. The number of thioether (sulfide) groups is 1. The topological polar surface area (TPSA) is 59.1 Å². The van der Waals surface area contributed by atoms with E-state index in [9.17, 15) is 9.59 Å². The van der Waals surface area contributed by atoms with Gasteiger partial charge in [0.1, 0.15) is 5.88 Å². The first kappa shape index (κ1) is 29.1. The van der Waals surface area contributed by atoms with Crippen molar-refractivity contribution < 1.29 is 48.6 Å². The standard InChI is InChI=1S/C8H15NO2S.C6H10ClNO2.C2H6S.Na/c1-2-12-7-8(10)9-3-5-11-6-4-9;7-5-6(9)8-1-3-10-4-2-8;1-2-3;/h2-7H2,1H3;1-5H2;3H,2H2,1H3;/q;;;+1/p-1. The van der Waals surface area contributed by atoms with Crippen molar-refractivity contribution in [2.75, 3.05) is 75.7 Å². The van der Waals surface area contributed by atoms with Crippen LogP contribution in [0.4, 0.5) is 0 Å². The Morgan fingerprint density at radius 1 is 0.962 bits per heavy atom. The van der Waals surface area contributed by atoms with Crippen molar-refractivity contribution in [1.29, 1.82) is 0 Å². The molecule has 2 saturated heterocycles. The maximum atomic E-state index is 11.4. The summed E-state index contributed by atoms with van der Waals surface area (Å²) in [6.45, 7) is 9.59. The second kappa shape index (κ2) is 20.6. The van der Waals surface area contributed by atoms with E-state index in [4.69, 9.17) is 21.1 Å². The van der Waals surface area contributed by atoms with E-state index in [1.807, 2.05) is 11.8 Å². The molecule has 0 saturated carbocycles. The molecule has 26 heavy (non-hydrogen) atoms. The number of hydrogen-bond acceptors (Lipinski definition) is 6. The number of amides is 2. The first-order chi connectivity index (χ1) is 12.1. The molecule has 0 aromatic rings. The molecule has 6 nitrogen and oxygen atoms in total. The molecule has 0 spiro atoms. The van der Waals surface area contributed by atoms with Crippen LogP contribution < -0.4 is 29.6 Å². The summed E-state index contributed by atoms with van der Waals surface area (Å²) in [6, 6.07) is 0. The number of alkyl halides is 1. The Labute approximate surface area is 194 Å². The molecule has 2 fully saturated rings. The Balaban J connectivity index is 0. The number of carbonyl (C=O) groups excluding carboxylic acids is 2. The van der Waals surface area contributed by atoms with Gasteiger partial charge in [-0.1, -0.05) is 13.8 Å². The van der Waals surface area contributed by atoms with E-state index in [1.54, 1.807) is 16.7 Å². The molecule has 0 atom stereocenters. The molecule has 2 heterocycles. The fraction of sp³-hybridized carbons (Fsp3) is 0.875. The largest absolute Gasteiger partial charge is 1.00 e. The minimum Gasteiger partial charge on any atom is -0.793 e. The van der Waals surface area contributed by atoms with E-state index >= 15 is 0 Å². The number of carbonyl (C=O) groups is 2. The molecule has 2 aliphatic heterocycles. The van der Waals surface area contributed by atoms with Crippen molar-refractivity contribution in [1.82, 2.24) is 9.80 Å². The van der Waals surface area contributed by atoms with Crippen molar-refractivity contribution in [3.63, 3.8) is 0 Å². The van der Waals surface area contributed by atoms with Crippen LogP contribution in [0.15, 0.2) is 0 Å². The van der Waals surface area contributed by atoms with Crippen LogP contribution in [0.3, 0.4) is 0 Å². The van der Waals surface area contributed by atoms with Crippen LogP contribution in [0, 0.1) is 0 Å². The number of halogens is 1. The Morgan fingerprint density at radius 3 is 1.69 bits per heavy atom. The SMILES string of the molecule is CCSCC(=O)N1CCOCC1.CC[S-].O=C(CCl)N1CCOCC1.[Na+]. The summed E-state index contributed by atoms with van der Waals surface area (Å²) in [5, 5.41) is 0. The minimum atomic E-state index is 0. The van der Waals surface area contributed by atoms with Gasteiger partial charge in [-0.15, -0.1) is 11.6 Å². The van der Waals surface area contributed by atoms with Crippen LogP contribution in [0.1, 0.15) is 13.8 Å². The van der Waals surface area contributed by atoms with Crippen LogP contribution >= 0.6 is 23.4 Å². The zero-order valence-corrected chi connectivity index (χ0v) is 20.6. The van der Waals surface area contributed by atoms with Crippen molar-refractivity contribution in [3.8, 4) is 0 Å². The normalized spacial score (nSPS) is 16.3. The van der Waals surface area contributed by atoms with Gasteiger partial charge >= 0.3 is 29.6 Å². The molecule has 2 rings (SSSR count). The summed E-state index contributed by atoms with van der Waals surface area (Å²) < 4.78 is 10.2. The molecule has 0 aliphatic carbocycles. The van der Waals surface area contributed by atoms with Crippen molar-refractivity contribution in [2.24, 2.45) is 0 Å². The summed E-state index contributed by atoms with van der Waals surface area (Å²) in [6.07, 6.45) is 0. The van der Waals surface area contributed by atoms with Gasteiger partial charge in [0.25, 0.3) is 0 Å². The van der Waals surface area contributed by atoms with Crippen molar-refractivity contribution in [2.45, 2.75) is 13.8 Å². The molecule has 0 radical (unpaired) electrons. The van der Waals surface area contributed by atoms with Gasteiger partial charge in [-0.3, -0.25) is 9.59 Å². The van der Waals surface area contributed by atoms with E-state index in [-0.39, 0.29) is 47.3 Å². The summed E-state index contributed by atoms with van der Waals surface area (Å²) in [4.78, 5) is 25.9. The Hall–Kier alpha value is 0.850. The molecule has 2 amide bonds. The second-order valence-electron chi connectivity index (χ2n) is 5.05. The third kappa shape index (κ3) is 14.9. The molecule has 0 N–H and O–H groups in total. The van der Waals surface area contributed by atoms with E-state index in [2.05, 4.69) is 19.6 Å². The fourth-order valence-corrected chi connectivity index (χ4v) is 2.72. The van der Waals surface area contributed by atoms with Gasteiger partial charge in [0.15, 0.2) is 0 Å². The molecule has 0 aromatic carbocycles. The zero-order chi connectivity index (χ0) is 18.9. The van der Waals surface area contributed by atoms with Crippen LogP contribution in [0.5, 0.6) is 0 Å². The first-order valence-electron chi connectivity index (χ1n) is 8.53. The molecule has 0 unspecified atom stereocenters. The van der Waals surface area contributed by atoms with E-state index in [1.165, 1.54) is 0 Å².